The zero-order chi connectivity index (χ0) is 12.5. The maximum Gasteiger partial charge on any atom is 0.192 e. The Kier molecular flexibility index (Phi) is 3.40. The molecule has 0 N–H and O–H groups in total. The third kappa shape index (κ3) is 2.31. The lowest BCUT2D eigenvalue weighted by atomic mass is 9.96. The molecule has 0 radical (unpaired) electrons. The van der Waals surface area contributed by atoms with Crippen LogP contribution in [0.3, 0.4) is 0 Å². The number of rotatable bonds is 3. The smallest absolute Gasteiger partial charge is 0.192 e. The Morgan fingerprint density at radius 2 is 1.88 bits per heavy atom. The van der Waals surface area contributed by atoms with Crippen LogP contribution in [-0.4, -0.2) is 20.3 Å². The van der Waals surface area contributed by atoms with Crippen LogP contribution in [0.2, 0.25) is 0 Å². The molecule has 3 heteroatoms. The van der Waals surface area contributed by atoms with Crippen molar-refractivity contribution in [2.75, 3.05) is 20.3 Å². The minimum absolute atomic E-state index is 0.412. The maximum atomic E-state index is 5.67. The zero-order valence-corrected chi connectivity index (χ0v) is 10.9. The Bertz CT molecular complexity index is 392. The molecule has 94 valence electrons. The van der Waals surface area contributed by atoms with Crippen LogP contribution in [0.25, 0.3) is 0 Å². The highest BCUT2D eigenvalue weighted by molar-refractivity contribution is 5.40. The van der Waals surface area contributed by atoms with Crippen molar-refractivity contribution < 1.29 is 14.2 Å². The predicted molar refractivity (Wildman–Crippen MR) is 66.3 cm³/mol. The normalized spacial score (nSPS) is 18.6. The van der Waals surface area contributed by atoms with Crippen molar-refractivity contribution in [3.63, 3.8) is 0 Å². The average Bonchev–Trinajstić information content (AvgIpc) is 2.76. The standard InChI is InChI=1S/C14H20O3/c1-10(2)12-9-11(5-6-13(12)15-4)14(3)16-7-8-17-14/h5-6,9-10H,7-8H2,1-4H3. The Balaban J connectivity index is 2.40. The van der Waals surface area contributed by atoms with Crippen LogP contribution in [0, 0.1) is 0 Å². The molecule has 1 saturated heterocycles. The molecule has 0 unspecified atom stereocenters. The van der Waals surface area contributed by atoms with E-state index < -0.39 is 5.79 Å². The van der Waals surface area contributed by atoms with E-state index in [0.29, 0.717) is 19.1 Å². The second-order valence-corrected chi connectivity index (χ2v) is 4.75. The molecule has 2 rings (SSSR count). The molecule has 0 saturated carbocycles. The maximum absolute atomic E-state index is 5.67. The quantitative estimate of drug-likeness (QED) is 0.807. The molecule has 1 aromatic carbocycles. The van der Waals surface area contributed by atoms with Crippen LogP contribution in [0.15, 0.2) is 18.2 Å². The van der Waals surface area contributed by atoms with Gasteiger partial charge in [0, 0.05) is 5.56 Å². The van der Waals surface area contributed by atoms with Gasteiger partial charge in [-0.15, -0.1) is 0 Å². The molecule has 1 fully saturated rings. The molecule has 0 aromatic heterocycles. The third-order valence-corrected chi connectivity index (χ3v) is 3.21. The van der Waals surface area contributed by atoms with Crippen molar-refractivity contribution >= 4 is 0 Å². The fraction of sp³-hybridized carbons (Fsp3) is 0.571. The van der Waals surface area contributed by atoms with Crippen molar-refractivity contribution in [3.8, 4) is 5.75 Å². The minimum atomic E-state index is -0.601. The summed E-state index contributed by atoms with van der Waals surface area (Å²) >= 11 is 0. The first-order valence-electron chi connectivity index (χ1n) is 6.03. The van der Waals surface area contributed by atoms with Gasteiger partial charge < -0.3 is 14.2 Å². The molecule has 0 aliphatic carbocycles. The Labute approximate surface area is 103 Å². The van der Waals surface area contributed by atoms with Gasteiger partial charge in [-0.25, -0.2) is 0 Å². The molecule has 1 aliphatic heterocycles. The lowest BCUT2D eigenvalue weighted by Crippen LogP contribution is -2.22. The van der Waals surface area contributed by atoms with Crippen LogP contribution in [-0.2, 0) is 15.3 Å². The summed E-state index contributed by atoms with van der Waals surface area (Å²) in [5.41, 5.74) is 2.24. The second kappa shape index (κ2) is 4.67. The molecule has 0 spiro atoms. The van der Waals surface area contributed by atoms with Crippen LogP contribution >= 0.6 is 0 Å². The van der Waals surface area contributed by atoms with E-state index in [4.69, 9.17) is 14.2 Å². The van der Waals surface area contributed by atoms with Gasteiger partial charge in [0.1, 0.15) is 5.75 Å². The number of methoxy groups -OCH3 is 1. The van der Waals surface area contributed by atoms with E-state index in [0.717, 1.165) is 11.3 Å². The van der Waals surface area contributed by atoms with Crippen molar-refractivity contribution in [2.24, 2.45) is 0 Å². The SMILES string of the molecule is COc1ccc(C2(C)OCCO2)cc1C(C)C. The first-order valence-corrected chi connectivity index (χ1v) is 6.03. The van der Waals surface area contributed by atoms with Gasteiger partial charge >= 0.3 is 0 Å². The van der Waals surface area contributed by atoms with E-state index >= 15 is 0 Å². The lowest BCUT2D eigenvalue weighted by molar-refractivity contribution is -0.149. The highest BCUT2D eigenvalue weighted by Crippen LogP contribution is 2.35. The summed E-state index contributed by atoms with van der Waals surface area (Å²) in [4.78, 5) is 0. The van der Waals surface area contributed by atoms with Gasteiger partial charge in [0.15, 0.2) is 5.79 Å². The van der Waals surface area contributed by atoms with E-state index in [9.17, 15) is 0 Å². The van der Waals surface area contributed by atoms with E-state index in [1.165, 1.54) is 5.56 Å². The van der Waals surface area contributed by atoms with Gasteiger partial charge in [-0.1, -0.05) is 13.8 Å². The molecular weight excluding hydrogens is 216 g/mol. The molecule has 0 amide bonds. The molecule has 1 aromatic rings. The van der Waals surface area contributed by atoms with Crippen molar-refractivity contribution in [1.29, 1.82) is 0 Å². The van der Waals surface area contributed by atoms with E-state index in [1.807, 2.05) is 19.1 Å². The fourth-order valence-electron chi connectivity index (χ4n) is 2.15. The van der Waals surface area contributed by atoms with Gasteiger partial charge in [0.25, 0.3) is 0 Å². The van der Waals surface area contributed by atoms with Gasteiger partial charge in [0.05, 0.1) is 20.3 Å². The van der Waals surface area contributed by atoms with Gasteiger partial charge in [-0.05, 0) is 36.6 Å². The summed E-state index contributed by atoms with van der Waals surface area (Å²) < 4.78 is 16.7. The number of benzene rings is 1. The van der Waals surface area contributed by atoms with Crippen molar-refractivity contribution in [1.82, 2.24) is 0 Å². The van der Waals surface area contributed by atoms with Crippen molar-refractivity contribution in [2.45, 2.75) is 32.5 Å². The van der Waals surface area contributed by atoms with E-state index in [1.54, 1.807) is 7.11 Å². The number of hydrogen-bond donors (Lipinski definition) is 0. The van der Waals surface area contributed by atoms with E-state index in [2.05, 4.69) is 19.9 Å². The average molecular weight is 236 g/mol. The van der Waals surface area contributed by atoms with Crippen LogP contribution in [0.1, 0.15) is 37.8 Å². The molecular formula is C14H20O3. The Morgan fingerprint density at radius 1 is 1.24 bits per heavy atom. The number of ether oxygens (including phenoxy) is 3. The van der Waals surface area contributed by atoms with Crippen LogP contribution in [0.5, 0.6) is 5.75 Å². The van der Waals surface area contributed by atoms with Crippen LogP contribution < -0.4 is 4.74 Å². The molecule has 1 heterocycles. The summed E-state index contributed by atoms with van der Waals surface area (Å²) in [5, 5.41) is 0. The topological polar surface area (TPSA) is 27.7 Å². The Hall–Kier alpha value is -1.06. The summed E-state index contributed by atoms with van der Waals surface area (Å²) in [6.45, 7) is 7.58. The zero-order valence-electron chi connectivity index (χ0n) is 10.9. The third-order valence-electron chi connectivity index (χ3n) is 3.21. The molecule has 1 aliphatic rings. The molecule has 17 heavy (non-hydrogen) atoms. The summed E-state index contributed by atoms with van der Waals surface area (Å²) in [6, 6.07) is 6.12. The Morgan fingerprint density at radius 3 is 2.41 bits per heavy atom. The van der Waals surface area contributed by atoms with E-state index in [-0.39, 0.29) is 0 Å². The highest BCUT2D eigenvalue weighted by Gasteiger charge is 2.33. The highest BCUT2D eigenvalue weighted by atomic mass is 16.7. The predicted octanol–water partition coefficient (Wildman–Crippen LogP) is 3.04. The minimum Gasteiger partial charge on any atom is -0.496 e. The van der Waals surface area contributed by atoms with Gasteiger partial charge in [-0.3, -0.25) is 0 Å². The van der Waals surface area contributed by atoms with Gasteiger partial charge in [-0.2, -0.15) is 0 Å². The summed E-state index contributed by atoms with van der Waals surface area (Å²) in [5.74, 6) is 0.732. The molecule has 3 nitrogen and oxygen atoms in total. The summed E-state index contributed by atoms with van der Waals surface area (Å²) in [6.07, 6.45) is 0. The van der Waals surface area contributed by atoms with Crippen molar-refractivity contribution in [3.05, 3.63) is 29.3 Å². The second-order valence-electron chi connectivity index (χ2n) is 4.75. The lowest BCUT2D eigenvalue weighted by Gasteiger charge is -2.24. The number of hydrogen-bond acceptors (Lipinski definition) is 3. The fourth-order valence-corrected chi connectivity index (χ4v) is 2.15. The largest absolute Gasteiger partial charge is 0.496 e. The molecule has 0 atom stereocenters. The monoisotopic (exact) mass is 236 g/mol. The first-order chi connectivity index (χ1) is 8.07. The molecule has 0 bridgehead atoms. The first kappa shape index (κ1) is 12.4. The van der Waals surface area contributed by atoms with Gasteiger partial charge in [0.2, 0.25) is 0 Å². The van der Waals surface area contributed by atoms with Crippen LogP contribution in [0.4, 0.5) is 0 Å². The summed E-state index contributed by atoms with van der Waals surface area (Å²) in [7, 11) is 1.70.